The van der Waals surface area contributed by atoms with Crippen molar-refractivity contribution >= 4 is 5.97 Å². The largest absolute Gasteiger partial charge is 0.567 e. The Morgan fingerprint density at radius 1 is 1.25 bits per heavy atom. The number of unbranched alkanes of at least 4 members (excludes halogenated alkanes) is 1. The van der Waals surface area contributed by atoms with Crippen molar-refractivity contribution in [3.8, 4) is 0 Å². The smallest absolute Gasteiger partial charge is 0.542 e. The molecule has 0 aliphatic carbocycles. The second kappa shape index (κ2) is 7.15. The van der Waals surface area contributed by atoms with E-state index in [9.17, 15) is 26.3 Å². The fraction of sp³-hybridized carbons (Fsp3) is 0.600. The van der Waals surface area contributed by atoms with Crippen LogP contribution in [0.5, 0.6) is 0 Å². The van der Waals surface area contributed by atoms with Gasteiger partial charge >= 0.3 is 12.5 Å². The number of aliphatic carboxylic acids is 1. The van der Waals surface area contributed by atoms with Gasteiger partial charge in [0.05, 0.1) is 6.54 Å². The van der Waals surface area contributed by atoms with Crippen molar-refractivity contribution in [3.63, 3.8) is 0 Å². The molecular weight excluding hydrogens is 294 g/mol. The van der Waals surface area contributed by atoms with Crippen LogP contribution in [0.1, 0.15) is 19.8 Å². The van der Waals surface area contributed by atoms with Gasteiger partial charge in [0.25, 0.3) is 6.33 Å². The first-order valence-electron chi connectivity index (χ1n) is 5.41. The Bertz CT molecular complexity index is 424. The van der Waals surface area contributed by atoms with Crippen LogP contribution in [0.2, 0.25) is 0 Å². The number of aromatic nitrogens is 2. The number of imidazole rings is 1. The molecule has 0 radical (unpaired) electrons. The topological polar surface area (TPSA) is 48.9 Å². The van der Waals surface area contributed by atoms with Crippen molar-refractivity contribution in [2.45, 2.75) is 38.8 Å². The van der Waals surface area contributed by atoms with Gasteiger partial charge in [-0.25, -0.2) is 4.57 Å². The Morgan fingerprint density at radius 3 is 2.05 bits per heavy atom. The third-order valence-electron chi connectivity index (χ3n) is 1.99. The summed E-state index contributed by atoms with van der Waals surface area (Å²) in [7, 11) is 0. The van der Waals surface area contributed by atoms with E-state index in [1.807, 2.05) is 6.92 Å². The van der Waals surface area contributed by atoms with Gasteiger partial charge in [-0.1, -0.05) is 13.3 Å². The van der Waals surface area contributed by atoms with Crippen molar-refractivity contribution in [1.29, 1.82) is 0 Å². The number of aryl methyl sites for hydroxylation is 1. The lowest BCUT2D eigenvalue weighted by Crippen LogP contribution is -2.37. The first kappa shape index (κ1) is 18.3. The van der Waals surface area contributed by atoms with Crippen LogP contribution < -0.4 is 9.67 Å². The van der Waals surface area contributed by atoms with Gasteiger partial charge < -0.3 is 9.90 Å². The molecule has 0 aliphatic rings. The zero-order chi connectivity index (χ0) is 16.0. The van der Waals surface area contributed by atoms with E-state index in [2.05, 4.69) is 0 Å². The highest BCUT2D eigenvalue weighted by molar-refractivity contribution is 5.70. The monoisotopic (exact) mass is 306 g/mol. The Kier molecular flexibility index (Phi) is 6.53. The maximum absolute atomic E-state index is 12.1. The molecule has 0 aromatic carbocycles. The Morgan fingerprint density at radius 2 is 1.75 bits per heavy atom. The summed E-state index contributed by atoms with van der Waals surface area (Å²) in [5.74, 6) is -3.01. The molecule has 0 amide bonds. The molecule has 0 N–H and O–H groups in total. The van der Waals surface area contributed by atoms with Crippen molar-refractivity contribution in [1.82, 2.24) is 4.57 Å². The van der Waals surface area contributed by atoms with Crippen LogP contribution in [-0.4, -0.2) is 16.7 Å². The van der Waals surface area contributed by atoms with Crippen molar-refractivity contribution < 1.29 is 40.8 Å². The number of carbonyl (C=O) groups excluding carboxylic acids is 1. The summed E-state index contributed by atoms with van der Waals surface area (Å²) in [6, 6.07) is 0. The molecule has 1 aromatic rings. The summed E-state index contributed by atoms with van der Waals surface area (Å²) in [6.07, 6.45) is -4.09. The number of hydrogen-bond donors (Lipinski definition) is 0. The molecule has 0 fully saturated rings. The fourth-order valence-corrected chi connectivity index (χ4v) is 1.02. The number of carboxylic acid groups (broad SMARTS) is 1. The van der Waals surface area contributed by atoms with Crippen LogP contribution in [0.25, 0.3) is 0 Å². The first-order valence-corrected chi connectivity index (χ1v) is 5.41. The summed E-state index contributed by atoms with van der Waals surface area (Å²) in [6.45, 7) is 2.64. The van der Waals surface area contributed by atoms with E-state index in [4.69, 9.17) is 9.90 Å². The van der Waals surface area contributed by atoms with Gasteiger partial charge in [-0.15, -0.1) is 17.7 Å². The van der Waals surface area contributed by atoms with Crippen LogP contribution in [0.3, 0.4) is 0 Å². The SMILES string of the molecule is CCCC[n+]1ccn(C(F)(F)F)c1.O=C([O-])C(F)(F)F. The Hall–Kier alpha value is -1.74. The summed E-state index contributed by atoms with van der Waals surface area (Å²) in [4.78, 5) is 8.78. The number of carbonyl (C=O) groups is 1. The van der Waals surface area contributed by atoms with Gasteiger partial charge in [-0.05, 0) is 6.42 Å². The molecule has 1 rings (SSSR count). The lowest BCUT2D eigenvalue weighted by atomic mass is 10.3. The predicted octanol–water partition coefficient (Wildman–Crippen LogP) is 1.35. The van der Waals surface area contributed by atoms with E-state index in [1.165, 1.54) is 10.8 Å². The Labute approximate surface area is 110 Å². The van der Waals surface area contributed by atoms with Gasteiger partial charge in [0, 0.05) is 0 Å². The third kappa shape index (κ3) is 7.00. The molecule has 116 valence electrons. The number of halogens is 6. The molecule has 4 nitrogen and oxygen atoms in total. The fourth-order valence-electron chi connectivity index (χ4n) is 1.02. The molecule has 0 aliphatic heterocycles. The number of rotatable bonds is 3. The lowest BCUT2D eigenvalue weighted by molar-refractivity contribution is -0.697. The maximum Gasteiger partial charge on any atom is 0.567 e. The minimum absolute atomic E-state index is 0.253. The Balaban J connectivity index is 0.000000441. The summed E-state index contributed by atoms with van der Waals surface area (Å²) < 4.78 is 69.6. The van der Waals surface area contributed by atoms with Gasteiger partial charge in [-0.3, -0.25) is 0 Å². The predicted molar refractivity (Wildman–Crippen MR) is 51.9 cm³/mol. The van der Waals surface area contributed by atoms with Gasteiger partial charge in [0.15, 0.2) is 0 Å². The van der Waals surface area contributed by atoms with Crippen LogP contribution in [0.4, 0.5) is 26.3 Å². The van der Waals surface area contributed by atoms with Crippen LogP contribution in [-0.2, 0) is 17.6 Å². The molecule has 1 heterocycles. The second-order valence-corrected chi connectivity index (χ2v) is 3.67. The molecule has 0 unspecified atom stereocenters. The number of alkyl halides is 6. The molecule has 0 bridgehead atoms. The van der Waals surface area contributed by atoms with Crippen molar-refractivity contribution in [3.05, 3.63) is 18.7 Å². The van der Waals surface area contributed by atoms with Crippen molar-refractivity contribution in [2.24, 2.45) is 0 Å². The molecule has 1 aromatic heterocycles. The second-order valence-electron chi connectivity index (χ2n) is 3.67. The number of hydrogen-bond acceptors (Lipinski definition) is 2. The van der Waals surface area contributed by atoms with Crippen molar-refractivity contribution in [2.75, 3.05) is 0 Å². The quantitative estimate of drug-likeness (QED) is 0.625. The molecule has 0 saturated heterocycles. The van der Waals surface area contributed by atoms with E-state index in [-0.39, 0.29) is 4.57 Å². The zero-order valence-electron chi connectivity index (χ0n) is 10.3. The van der Waals surface area contributed by atoms with E-state index < -0.39 is 18.4 Å². The molecular formula is C10H12F6N2O2. The number of carboxylic acids is 1. The van der Waals surface area contributed by atoms with E-state index in [0.29, 0.717) is 6.54 Å². The lowest BCUT2D eigenvalue weighted by Gasteiger charge is -2.03. The highest BCUT2D eigenvalue weighted by Crippen LogP contribution is 2.20. The summed E-state index contributed by atoms with van der Waals surface area (Å²) in [5.41, 5.74) is 0. The van der Waals surface area contributed by atoms with E-state index in [1.54, 1.807) is 0 Å². The van der Waals surface area contributed by atoms with E-state index in [0.717, 1.165) is 25.4 Å². The molecule has 0 spiro atoms. The van der Waals surface area contributed by atoms with Gasteiger partial charge in [-0.2, -0.15) is 13.2 Å². The van der Waals surface area contributed by atoms with Crippen LogP contribution in [0, 0.1) is 0 Å². The highest BCUT2D eigenvalue weighted by Gasteiger charge is 2.37. The first-order chi connectivity index (χ1) is 8.98. The highest BCUT2D eigenvalue weighted by atomic mass is 19.4. The molecule has 20 heavy (non-hydrogen) atoms. The molecule has 10 heteroatoms. The number of nitrogens with zero attached hydrogens (tertiary/aromatic N) is 2. The van der Waals surface area contributed by atoms with Crippen LogP contribution in [0.15, 0.2) is 18.7 Å². The standard InChI is InChI=1S/C8H12F3N2.C2HF3O2/c1-2-3-4-12-5-6-13(7-12)8(9,10)11;3-2(4,5)1(6)7/h5-7H,2-4H2,1H3;(H,6,7)/q+1;/p-1. The molecule has 0 atom stereocenters. The summed E-state index contributed by atoms with van der Waals surface area (Å²) in [5, 5.41) is 8.78. The zero-order valence-corrected chi connectivity index (χ0v) is 10.3. The van der Waals surface area contributed by atoms with Gasteiger partial charge in [0.2, 0.25) is 0 Å². The minimum atomic E-state index is -5.19. The van der Waals surface area contributed by atoms with Crippen LogP contribution >= 0.6 is 0 Å². The maximum atomic E-state index is 12.1. The van der Waals surface area contributed by atoms with Gasteiger partial charge in [0.1, 0.15) is 18.4 Å². The molecule has 0 saturated carbocycles. The minimum Gasteiger partial charge on any atom is -0.542 e. The third-order valence-corrected chi connectivity index (χ3v) is 1.99. The average molecular weight is 306 g/mol. The van der Waals surface area contributed by atoms with E-state index >= 15 is 0 Å². The average Bonchev–Trinajstić information content (AvgIpc) is 2.74. The normalized spacial score (nSPS) is 11.8. The summed E-state index contributed by atoms with van der Waals surface area (Å²) >= 11 is 0.